The molecule has 0 aromatic carbocycles. The largest absolute Gasteiger partial charge is 0.355 e. The average molecular weight is 215 g/mol. The highest BCUT2D eigenvalue weighted by Crippen LogP contribution is 1.96. The molecule has 5 nitrogen and oxygen atoms in total. The molecule has 15 heavy (non-hydrogen) atoms. The second kappa shape index (κ2) is 6.40. The molecule has 0 saturated heterocycles. The summed E-state index contributed by atoms with van der Waals surface area (Å²) < 4.78 is 0. The zero-order valence-corrected chi connectivity index (χ0v) is 9.94. The van der Waals surface area contributed by atoms with Gasteiger partial charge < -0.3 is 16.0 Å². The first-order valence-electron chi connectivity index (χ1n) is 5.13. The van der Waals surface area contributed by atoms with Gasteiger partial charge in [0.15, 0.2) is 0 Å². The highest BCUT2D eigenvalue weighted by Gasteiger charge is 2.11. The van der Waals surface area contributed by atoms with E-state index in [4.69, 9.17) is 0 Å². The highest BCUT2D eigenvalue weighted by molar-refractivity contribution is 5.85. The molecule has 0 unspecified atom stereocenters. The van der Waals surface area contributed by atoms with Crippen LogP contribution < -0.4 is 16.0 Å². The summed E-state index contributed by atoms with van der Waals surface area (Å²) in [5.74, 6) is -0.335. The first kappa shape index (κ1) is 13.9. The van der Waals surface area contributed by atoms with Crippen LogP contribution in [0.3, 0.4) is 0 Å². The molecule has 0 aromatic rings. The third-order valence-corrected chi connectivity index (χ3v) is 1.60. The molecule has 0 fully saturated rings. The van der Waals surface area contributed by atoms with Gasteiger partial charge in [-0.3, -0.25) is 9.59 Å². The van der Waals surface area contributed by atoms with Crippen molar-refractivity contribution in [2.24, 2.45) is 0 Å². The maximum absolute atomic E-state index is 11.2. The van der Waals surface area contributed by atoms with Gasteiger partial charge in [-0.05, 0) is 27.7 Å². The van der Waals surface area contributed by atoms with Crippen molar-refractivity contribution >= 4 is 11.8 Å². The van der Waals surface area contributed by atoms with Crippen molar-refractivity contribution in [1.29, 1.82) is 0 Å². The Morgan fingerprint density at radius 3 is 2.00 bits per heavy atom. The third kappa shape index (κ3) is 9.21. The van der Waals surface area contributed by atoms with Crippen LogP contribution in [0.25, 0.3) is 0 Å². The number of rotatable bonds is 5. The van der Waals surface area contributed by atoms with Crippen molar-refractivity contribution in [2.75, 3.05) is 19.6 Å². The van der Waals surface area contributed by atoms with Crippen molar-refractivity contribution in [2.45, 2.75) is 33.2 Å². The molecule has 0 aliphatic carbocycles. The van der Waals surface area contributed by atoms with Crippen LogP contribution in [0.15, 0.2) is 0 Å². The van der Waals surface area contributed by atoms with E-state index in [1.54, 1.807) is 0 Å². The second-order valence-electron chi connectivity index (χ2n) is 4.33. The molecule has 88 valence electrons. The fourth-order valence-electron chi connectivity index (χ4n) is 0.846. The van der Waals surface area contributed by atoms with Crippen molar-refractivity contribution in [3.8, 4) is 0 Å². The van der Waals surface area contributed by atoms with Gasteiger partial charge in [-0.1, -0.05) is 0 Å². The Bertz CT molecular complexity index is 221. The summed E-state index contributed by atoms with van der Waals surface area (Å²) in [5, 5.41) is 8.16. The van der Waals surface area contributed by atoms with E-state index in [0.717, 1.165) is 0 Å². The van der Waals surface area contributed by atoms with Crippen molar-refractivity contribution in [1.82, 2.24) is 16.0 Å². The van der Waals surface area contributed by atoms with Crippen LogP contribution in [0, 0.1) is 0 Å². The first-order chi connectivity index (χ1) is 6.85. The molecule has 0 aliphatic heterocycles. The van der Waals surface area contributed by atoms with E-state index >= 15 is 0 Å². The minimum Gasteiger partial charge on any atom is -0.355 e. The predicted octanol–water partition coefficient (Wildman–Crippen LogP) is -0.373. The van der Waals surface area contributed by atoms with Gasteiger partial charge in [-0.25, -0.2) is 0 Å². The minimum absolute atomic E-state index is 0.0402. The zero-order valence-electron chi connectivity index (χ0n) is 9.94. The van der Waals surface area contributed by atoms with Gasteiger partial charge in [-0.2, -0.15) is 0 Å². The normalized spacial score (nSPS) is 10.9. The van der Waals surface area contributed by atoms with Crippen LogP contribution in [0.2, 0.25) is 0 Å². The standard InChI is InChI=1S/C10H21N3O2/c1-5-11-8(14)6-12-9(15)7-13-10(2,3)4/h13H,5-7H2,1-4H3,(H,11,14)(H,12,15). The molecule has 0 aliphatic rings. The number of nitrogens with one attached hydrogen (secondary N) is 3. The van der Waals surface area contributed by atoms with Crippen molar-refractivity contribution in [3.63, 3.8) is 0 Å². The molecular formula is C10H21N3O2. The Kier molecular flexibility index (Phi) is 5.93. The van der Waals surface area contributed by atoms with Crippen LogP contribution in [-0.2, 0) is 9.59 Å². The van der Waals surface area contributed by atoms with Crippen molar-refractivity contribution < 1.29 is 9.59 Å². The molecule has 0 rings (SSSR count). The Labute approximate surface area is 91.0 Å². The fourth-order valence-corrected chi connectivity index (χ4v) is 0.846. The lowest BCUT2D eigenvalue weighted by atomic mass is 10.1. The summed E-state index contributed by atoms with van der Waals surface area (Å²) in [6.07, 6.45) is 0. The van der Waals surface area contributed by atoms with Crippen LogP contribution in [0.1, 0.15) is 27.7 Å². The van der Waals surface area contributed by atoms with Gasteiger partial charge in [0.2, 0.25) is 11.8 Å². The van der Waals surface area contributed by atoms with E-state index in [0.29, 0.717) is 6.54 Å². The summed E-state index contributed by atoms with van der Waals surface area (Å²) in [5.41, 5.74) is -0.0942. The molecule has 2 amide bonds. The highest BCUT2D eigenvalue weighted by atomic mass is 16.2. The Hall–Kier alpha value is -1.10. The van der Waals surface area contributed by atoms with Gasteiger partial charge in [-0.15, -0.1) is 0 Å². The van der Waals surface area contributed by atoms with Gasteiger partial charge in [0, 0.05) is 12.1 Å². The molecule has 0 bridgehead atoms. The van der Waals surface area contributed by atoms with E-state index in [2.05, 4.69) is 16.0 Å². The maximum Gasteiger partial charge on any atom is 0.239 e. The zero-order chi connectivity index (χ0) is 11.9. The van der Waals surface area contributed by atoms with Crippen molar-refractivity contribution in [3.05, 3.63) is 0 Å². The van der Waals surface area contributed by atoms with Gasteiger partial charge in [0.05, 0.1) is 13.1 Å². The third-order valence-electron chi connectivity index (χ3n) is 1.60. The van der Waals surface area contributed by atoms with Crippen LogP contribution in [0.5, 0.6) is 0 Å². The summed E-state index contributed by atoms with van der Waals surface area (Å²) in [4.78, 5) is 22.2. The minimum atomic E-state index is -0.170. The summed E-state index contributed by atoms with van der Waals surface area (Å²) in [6, 6.07) is 0. The van der Waals surface area contributed by atoms with E-state index < -0.39 is 0 Å². The number of likely N-dealkylation sites (N-methyl/N-ethyl adjacent to an activating group) is 1. The molecule has 0 heterocycles. The lowest BCUT2D eigenvalue weighted by molar-refractivity contribution is -0.125. The topological polar surface area (TPSA) is 70.2 Å². The van der Waals surface area contributed by atoms with Crippen LogP contribution in [0.4, 0.5) is 0 Å². The molecule has 0 spiro atoms. The Balaban J connectivity index is 3.62. The maximum atomic E-state index is 11.2. The van der Waals surface area contributed by atoms with Gasteiger partial charge in [0.1, 0.15) is 0 Å². The van der Waals surface area contributed by atoms with E-state index in [-0.39, 0.29) is 30.4 Å². The number of hydrogen-bond acceptors (Lipinski definition) is 3. The lowest BCUT2D eigenvalue weighted by Gasteiger charge is -2.19. The number of hydrogen-bond donors (Lipinski definition) is 3. The molecule has 0 atom stereocenters. The summed E-state index contributed by atoms with van der Waals surface area (Å²) >= 11 is 0. The first-order valence-corrected chi connectivity index (χ1v) is 5.13. The van der Waals surface area contributed by atoms with E-state index in [9.17, 15) is 9.59 Å². The predicted molar refractivity (Wildman–Crippen MR) is 59.4 cm³/mol. The molecular weight excluding hydrogens is 194 g/mol. The lowest BCUT2D eigenvalue weighted by Crippen LogP contribution is -2.45. The SMILES string of the molecule is CCNC(=O)CNC(=O)CNC(C)(C)C. The quantitative estimate of drug-likeness (QED) is 0.586. The Morgan fingerprint density at radius 2 is 1.53 bits per heavy atom. The second-order valence-corrected chi connectivity index (χ2v) is 4.33. The molecule has 0 radical (unpaired) electrons. The van der Waals surface area contributed by atoms with E-state index in [1.165, 1.54) is 0 Å². The fraction of sp³-hybridized carbons (Fsp3) is 0.800. The average Bonchev–Trinajstić information content (AvgIpc) is 2.11. The molecule has 0 saturated carbocycles. The summed E-state index contributed by atoms with van der Waals surface area (Å²) in [6.45, 7) is 8.61. The number of carbonyl (C=O) groups is 2. The number of carbonyl (C=O) groups excluding carboxylic acids is 2. The smallest absolute Gasteiger partial charge is 0.239 e. The van der Waals surface area contributed by atoms with Crippen LogP contribution in [-0.4, -0.2) is 37.0 Å². The molecule has 0 aromatic heterocycles. The molecule has 5 heteroatoms. The molecule has 3 N–H and O–H groups in total. The number of amides is 2. The van der Waals surface area contributed by atoms with Crippen LogP contribution >= 0.6 is 0 Å². The monoisotopic (exact) mass is 215 g/mol. The Morgan fingerprint density at radius 1 is 1.00 bits per heavy atom. The van der Waals surface area contributed by atoms with Gasteiger partial charge in [0.25, 0.3) is 0 Å². The van der Waals surface area contributed by atoms with Gasteiger partial charge >= 0.3 is 0 Å². The van der Waals surface area contributed by atoms with E-state index in [1.807, 2.05) is 27.7 Å². The summed E-state index contributed by atoms with van der Waals surface area (Å²) in [7, 11) is 0.